The summed E-state index contributed by atoms with van der Waals surface area (Å²) >= 11 is 0. The van der Waals surface area contributed by atoms with Crippen LogP contribution in [0.3, 0.4) is 0 Å². The zero-order chi connectivity index (χ0) is 18.2. The maximum atomic E-state index is 4.77. The van der Waals surface area contributed by atoms with Crippen LogP contribution in [0, 0.1) is 6.92 Å². The molecular formula is C19H20N8. The third kappa shape index (κ3) is 2.88. The van der Waals surface area contributed by atoms with Gasteiger partial charge in [0.25, 0.3) is 0 Å². The first-order valence-electron chi connectivity index (χ1n) is 9.06. The molecule has 5 rings (SSSR count). The van der Waals surface area contributed by atoms with Crippen molar-refractivity contribution in [1.29, 1.82) is 0 Å². The molecule has 27 heavy (non-hydrogen) atoms. The molecule has 8 nitrogen and oxygen atoms in total. The molecule has 0 N–H and O–H groups in total. The highest BCUT2D eigenvalue weighted by atomic mass is 15.4. The average Bonchev–Trinajstić information content (AvgIpc) is 3.39. The molecule has 4 aromatic rings. The van der Waals surface area contributed by atoms with Crippen LogP contribution in [0.15, 0.2) is 55.0 Å². The molecule has 1 aliphatic rings. The van der Waals surface area contributed by atoms with Gasteiger partial charge in [-0.3, -0.25) is 0 Å². The second kappa shape index (κ2) is 6.39. The fourth-order valence-corrected chi connectivity index (χ4v) is 3.53. The van der Waals surface area contributed by atoms with Gasteiger partial charge in [0.1, 0.15) is 11.6 Å². The Kier molecular flexibility index (Phi) is 3.74. The van der Waals surface area contributed by atoms with Crippen LogP contribution in [0.2, 0.25) is 0 Å². The lowest BCUT2D eigenvalue weighted by Crippen LogP contribution is -2.47. The van der Waals surface area contributed by atoms with E-state index in [0.29, 0.717) is 0 Å². The molecule has 0 radical (unpaired) electrons. The summed E-state index contributed by atoms with van der Waals surface area (Å²) in [5, 5.41) is 8.70. The number of aromatic nitrogens is 6. The molecule has 5 heterocycles. The zero-order valence-corrected chi connectivity index (χ0v) is 15.1. The van der Waals surface area contributed by atoms with E-state index in [9.17, 15) is 0 Å². The van der Waals surface area contributed by atoms with Crippen molar-refractivity contribution < 1.29 is 0 Å². The molecule has 0 bridgehead atoms. The fourth-order valence-electron chi connectivity index (χ4n) is 3.53. The average molecular weight is 360 g/mol. The molecule has 0 unspecified atom stereocenters. The number of aryl methyl sites for hydroxylation is 1. The van der Waals surface area contributed by atoms with E-state index in [-0.39, 0.29) is 0 Å². The fraction of sp³-hybridized carbons (Fsp3) is 0.263. The lowest BCUT2D eigenvalue weighted by molar-refractivity contribution is 0.632. The Bertz CT molecular complexity index is 1060. The summed E-state index contributed by atoms with van der Waals surface area (Å²) < 4.78 is 3.70. The smallest absolute Gasteiger partial charge is 0.157 e. The molecule has 1 saturated heterocycles. The molecule has 4 aromatic heterocycles. The van der Waals surface area contributed by atoms with E-state index in [1.165, 1.54) is 0 Å². The van der Waals surface area contributed by atoms with Crippen molar-refractivity contribution in [2.24, 2.45) is 0 Å². The van der Waals surface area contributed by atoms with E-state index in [0.717, 1.165) is 55.0 Å². The Morgan fingerprint density at radius 3 is 2.44 bits per heavy atom. The summed E-state index contributed by atoms with van der Waals surface area (Å²) in [6.07, 6.45) is 5.47. The van der Waals surface area contributed by atoms with Crippen LogP contribution in [-0.4, -0.2) is 55.5 Å². The largest absolute Gasteiger partial charge is 0.353 e. The van der Waals surface area contributed by atoms with Gasteiger partial charge in [-0.05, 0) is 25.1 Å². The van der Waals surface area contributed by atoms with Crippen LogP contribution in [0.1, 0.15) is 5.69 Å². The number of nitrogens with zero attached hydrogens (tertiary/aromatic N) is 8. The Labute approximate surface area is 156 Å². The summed E-state index contributed by atoms with van der Waals surface area (Å²) in [4.78, 5) is 14.0. The normalized spacial score (nSPS) is 14.9. The minimum atomic E-state index is 0.836. The minimum absolute atomic E-state index is 0.836. The van der Waals surface area contributed by atoms with E-state index in [4.69, 9.17) is 4.98 Å². The predicted octanol–water partition coefficient (Wildman–Crippen LogP) is 1.95. The first-order valence-corrected chi connectivity index (χ1v) is 9.06. The van der Waals surface area contributed by atoms with Crippen molar-refractivity contribution in [3.8, 4) is 5.82 Å². The van der Waals surface area contributed by atoms with Crippen molar-refractivity contribution in [3.63, 3.8) is 0 Å². The zero-order valence-electron chi connectivity index (χ0n) is 15.1. The number of rotatable bonds is 3. The lowest BCUT2D eigenvalue weighted by Gasteiger charge is -2.36. The van der Waals surface area contributed by atoms with Crippen LogP contribution in [0.5, 0.6) is 0 Å². The van der Waals surface area contributed by atoms with E-state index >= 15 is 0 Å². The summed E-state index contributed by atoms with van der Waals surface area (Å²) in [5.41, 5.74) is 1.90. The van der Waals surface area contributed by atoms with Crippen LogP contribution < -0.4 is 9.80 Å². The molecule has 0 aliphatic carbocycles. The van der Waals surface area contributed by atoms with Gasteiger partial charge in [-0.2, -0.15) is 14.7 Å². The highest BCUT2D eigenvalue weighted by Crippen LogP contribution is 2.21. The topological polar surface area (TPSA) is 67.4 Å². The van der Waals surface area contributed by atoms with Crippen LogP contribution in [0.25, 0.3) is 11.5 Å². The molecule has 1 fully saturated rings. The number of piperazine rings is 1. The molecule has 0 atom stereocenters. The third-order valence-corrected chi connectivity index (χ3v) is 4.86. The van der Waals surface area contributed by atoms with Gasteiger partial charge in [0.2, 0.25) is 0 Å². The van der Waals surface area contributed by atoms with Crippen LogP contribution in [0.4, 0.5) is 11.6 Å². The van der Waals surface area contributed by atoms with Gasteiger partial charge in [-0.1, -0.05) is 6.07 Å². The number of hydrogen-bond donors (Lipinski definition) is 0. The summed E-state index contributed by atoms with van der Waals surface area (Å²) in [6.45, 7) is 5.65. The van der Waals surface area contributed by atoms with E-state index < -0.39 is 0 Å². The Morgan fingerprint density at radius 1 is 0.815 bits per heavy atom. The van der Waals surface area contributed by atoms with Gasteiger partial charge in [0.05, 0.1) is 6.20 Å². The predicted molar refractivity (Wildman–Crippen MR) is 104 cm³/mol. The second-order valence-electron chi connectivity index (χ2n) is 6.64. The summed E-state index contributed by atoms with van der Waals surface area (Å²) in [6, 6.07) is 12.0. The SMILES string of the molecule is Cc1cc(N2CCN(c3cccc(-n4cccn4)n3)CC2)n2nccc2n1. The van der Waals surface area contributed by atoms with Crippen molar-refractivity contribution in [3.05, 3.63) is 60.7 Å². The quantitative estimate of drug-likeness (QED) is 0.556. The summed E-state index contributed by atoms with van der Waals surface area (Å²) in [5.74, 6) is 2.92. The Balaban J connectivity index is 1.36. The molecule has 1 aliphatic heterocycles. The first-order chi connectivity index (χ1) is 13.3. The van der Waals surface area contributed by atoms with Crippen molar-refractivity contribution in [1.82, 2.24) is 29.4 Å². The maximum Gasteiger partial charge on any atom is 0.157 e. The van der Waals surface area contributed by atoms with Gasteiger partial charge in [0.15, 0.2) is 11.5 Å². The molecule has 0 amide bonds. The van der Waals surface area contributed by atoms with Crippen LogP contribution >= 0.6 is 0 Å². The molecular weight excluding hydrogens is 340 g/mol. The van der Waals surface area contributed by atoms with Gasteiger partial charge in [-0.15, -0.1) is 0 Å². The van der Waals surface area contributed by atoms with E-state index in [1.54, 1.807) is 17.1 Å². The first kappa shape index (κ1) is 15.8. The lowest BCUT2D eigenvalue weighted by atomic mass is 10.3. The molecule has 8 heteroatoms. The van der Waals surface area contributed by atoms with Gasteiger partial charge < -0.3 is 9.80 Å². The molecule has 136 valence electrons. The van der Waals surface area contributed by atoms with Crippen molar-refractivity contribution in [2.45, 2.75) is 6.92 Å². The van der Waals surface area contributed by atoms with E-state index in [1.807, 2.05) is 41.9 Å². The highest BCUT2D eigenvalue weighted by Gasteiger charge is 2.21. The number of fused-ring (bicyclic) bond motifs is 1. The van der Waals surface area contributed by atoms with Gasteiger partial charge >= 0.3 is 0 Å². The molecule has 0 spiro atoms. The Morgan fingerprint density at radius 2 is 1.63 bits per heavy atom. The van der Waals surface area contributed by atoms with Crippen molar-refractivity contribution in [2.75, 3.05) is 36.0 Å². The summed E-state index contributed by atoms with van der Waals surface area (Å²) in [7, 11) is 0. The standard InChI is InChI=1S/C19H20N8/c1-15-14-19(27-18(22-15)6-8-21-27)25-12-10-24(11-13-25)16-4-2-5-17(23-16)26-9-3-7-20-26/h2-9,14H,10-13H2,1H3. The number of pyridine rings is 1. The van der Waals surface area contributed by atoms with Gasteiger partial charge in [0, 0.05) is 56.4 Å². The monoisotopic (exact) mass is 360 g/mol. The van der Waals surface area contributed by atoms with E-state index in [2.05, 4.69) is 37.1 Å². The number of anilines is 2. The molecule has 0 aromatic carbocycles. The number of hydrogen-bond acceptors (Lipinski definition) is 6. The maximum absolute atomic E-state index is 4.77. The van der Waals surface area contributed by atoms with Crippen molar-refractivity contribution >= 4 is 17.3 Å². The third-order valence-electron chi connectivity index (χ3n) is 4.86. The second-order valence-corrected chi connectivity index (χ2v) is 6.64. The minimum Gasteiger partial charge on any atom is -0.353 e. The van der Waals surface area contributed by atoms with Gasteiger partial charge in [-0.25, -0.2) is 14.6 Å². The molecule has 0 saturated carbocycles. The highest BCUT2D eigenvalue weighted by molar-refractivity contribution is 5.52. The Hall–Kier alpha value is -3.42. The van der Waals surface area contributed by atoms with Crippen LogP contribution in [-0.2, 0) is 0 Å².